The Balaban J connectivity index is 1.54. The molecule has 1 aliphatic rings. The third kappa shape index (κ3) is 5.65. The molecule has 3 rings (SSSR count). The molecule has 2 aromatic rings. The zero-order valence-corrected chi connectivity index (χ0v) is 18.4. The summed E-state index contributed by atoms with van der Waals surface area (Å²) in [4.78, 5) is 12.3. The number of hydrogen-bond donors (Lipinski definition) is 1. The van der Waals surface area contributed by atoms with Crippen LogP contribution < -0.4 is 5.32 Å². The molecule has 0 radical (unpaired) electrons. The van der Waals surface area contributed by atoms with Crippen LogP contribution in [0.4, 0.5) is 5.69 Å². The molecule has 0 aliphatic heterocycles. The molecule has 1 N–H and O–H groups in total. The first-order valence-electron chi connectivity index (χ1n) is 9.87. The standard InChI is InChI=1S/C20H26Cl2N4OS/c1-2-26-17(12-11-14-7-4-3-5-8-14)24-25-20(26)28-13-18(27)23-16-10-6-9-15(21)19(16)22/h6,9-10,14H,2-5,7-8,11-13H2,1H3,(H,23,27). The summed E-state index contributed by atoms with van der Waals surface area (Å²) >= 11 is 13.5. The van der Waals surface area contributed by atoms with Gasteiger partial charge in [0.25, 0.3) is 0 Å². The van der Waals surface area contributed by atoms with Gasteiger partial charge in [-0.2, -0.15) is 0 Å². The van der Waals surface area contributed by atoms with Crippen molar-refractivity contribution in [1.29, 1.82) is 0 Å². The van der Waals surface area contributed by atoms with Crippen LogP contribution in [0.1, 0.15) is 51.3 Å². The summed E-state index contributed by atoms with van der Waals surface area (Å²) in [6.07, 6.45) is 8.91. The van der Waals surface area contributed by atoms with Crippen LogP contribution in [0.2, 0.25) is 10.0 Å². The smallest absolute Gasteiger partial charge is 0.234 e. The number of benzene rings is 1. The molecule has 8 heteroatoms. The van der Waals surface area contributed by atoms with Crippen LogP contribution in [-0.4, -0.2) is 26.4 Å². The van der Waals surface area contributed by atoms with Gasteiger partial charge < -0.3 is 9.88 Å². The number of aromatic nitrogens is 3. The zero-order chi connectivity index (χ0) is 19.9. The molecule has 152 valence electrons. The molecule has 1 amide bonds. The molecule has 1 saturated carbocycles. The summed E-state index contributed by atoms with van der Waals surface area (Å²) in [7, 11) is 0. The van der Waals surface area contributed by atoms with Gasteiger partial charge in [0.05, 0.1) is 21.5 Å². The highest BCUT2D eigenvalue weighted by Gasteiger charge is 2.17. The number of halogens is 2. The van der Waals surface area contributed by atoms with Crippen LogP contribution in [-0.2, 0) is 17.8 Å². The molecule has 0 atom stereocenters. The summed E-state index contributed by atoms with van der Waals surface area (Å²) in [5, 5.41) is 13.0. The number of hydrogen-bond acceptors (Lipinski definition) is 4. The Hall–Kier alpha value is -1.24. The minimum Gasteiger partial charge on any atom is -0.324 e. The summed E-state index contributed by atoms with van der Waals surface area (Å²) in [5.41, 5.74) is 0.518. The molecular formula is C20H26Cl2N4OS. The van der Waals surface area contributed by atoms with Crippen molar-refractivity contribution in [2.75, 3.05) is 11.1 Å². The number of aryl methyl sites for hydroxylation is 1. The number of thioether (sulfide) groups is 1. The van der Waals surface area contributed by atoms with Crippen molar-refractivity contribution in [2.45, 2.75) is 63.6 Å². The van der Waals surface area contributed by atoms with Crippen LogP contribution in [0.5, 0.6) is 0 Å². The number of nitrogens with one attached hydrogen (secondary N) is 1. The van der Waals surface area contributed by atoms with Gasteiger partial charge in [-0.3, -0.25) is 4.79 Å². The fourth-order valence-electron chi connectivity index (χ4n) is 3.65. The van der Waals surface area contributed by atoms with Crippen molar-refractivity contribution in [2.24, 2.45) is 5.92 Å². The van der Waals surface area contributed by atoms with Gasteiger partial charge in [0.1, 0.15) is 5.82 Å². The topological polar surface area (TPSA) is 59.8 Å². The maximum atomic E-state index is 12.3. The second kappa shape index (κ2) is 10.5. The lowest BCUT2D eigenvalue weighted by atomic mass is 9.86. The first kappa shape index (κ1) is 21.5. The average Bonchev–Trinajstić information content (AvgIpc) is 3.11. The minimum absolute atomic E-state index is 0.149. The van der Waals surface area contributed by atoms with Gasteiger partial charge in [-0.15, -0.1) is 10.2 Å². The number of carbonyl (C=O) groups excluding carboxylic acids is 1. The normalized spacial score (nSPS) is 15.0. The minimum atomic E-state index is -0.149. The number of nitrogens with zero attached hydrogens (tertiary/aromatic N) is 3. The van der Waals surface area contributed by atoms with Gasteiger partial charge in [-0.1, -0.05) is 73.1 Å². The van der Waals surface area contributed by atoms with E-state index in [1.165, 1.54) is 50.3 Å². The monoisotopic (exact) mass is 440 g/mol. The molecule has 5 nitrogen and oxygen atoms in total. The second-order valence-electron chi connectivity index (χ2n) is 7.12. The summed E-state index contributed by atoms with van der Waals surface area (Å²) in [6, 6.07) is 5.17. The van der Waals surface area contributed by atoms with E-state index in [2.05, 4.69) is 27.0 Å². The summed E-state index contributed by atoms with van der Waals surface area (Å²) in [5.74, 6) is 1.93. The SMILES string of the molecule is CCn1c(CCC2CCCCC2)nnc1SCC(=O)Nc1cccc(Cl)c1Cl. The lowest BCUT2D eigenvalue weighted by Gasteiger charge is -2.21. The van der Waals surface area contributed by atoms with E-state index in [1.54, 1.807) is 18.2 Å². The Bertz CT molecular complexity index is 805. The van der Waals surface area contributed by atoms with Gasteiger partial charge in [0.15, 0.2) is 5.16 Å². The van der Waals surface area contributed by atoms with Gasteiger partial charge in [-0.05, 0) is 31.4 Å². The lowest BCUT2D eigenvalue weighted by Crippen LogP contribution is -2.15. The van der Waals surface area contributed by atoms with E-state index in [0.29, 0.717) is 15.7 Å². The molecule has 0 bridgehead atoms. The summed E-state index contributed by atoms with van der Waals surface area (Å²) in [6.45, 7) is 2.89. The molecule has 1 fully saturated rings. The van der Waals surface area contributed by atoms with E-state index >= 15 is 0 Å². The van der Waals surface area contributed by atoms with E-state index in [4.69, 9.17) is 23.2 Å². The van der Waals surface area contributed by atoms with Crippen LogP contribution in [0.3, 0.4) is 0 Å². The Kier molecular flexibility index (Phi) is 8.06. The van der Waals surface area contributed by atoms with Crippen molar-refractivity contribution in [3.8, 4) is 0 Å². The molecule has 1 aliphatic carbocycles. The van der Waals surface area contributed by atoms with E-state index < -0.39 is 0 Å². The predicted molar refractivity (Wildman–Crippen MR) is 116 cm³/mol. The van der Waals surface area contributed by atoms with E-state index in [0.717, 1.165) is 29.9 Å². The van der Waals surface area contributed by atoms with Crippen molar-refractivity contribution in [1.82, 2.24) is 14.8 Å². The van der Waals surface area contributed by atoms with Crippen molar-refractivity contribution in [3.63, 3.8) is 0 Å². The van der Waals surface area contributed by atoms with Crippen LogP contribution in [0.25, 0.3) is 0 Å². The molecule has 0 spiro atoms. The van der Waals surface area contributed by atoms with Gasteiger partial charge in [0, 0.05) is 13.0 Å². The Morgan fingerprint density at radius 1 is 1.25 bits per heavy atom. The Morgan fingerprint density at radius 2 is 2.04 bits per heavy atom. The second-order valence-corrected chi connectivity index (χ2v) is 8.85. The Morgan fingerprint density at radius 3 is 2.79 bits per heavy atom. The quantitative estimate of drug-likeness (QED) is 0.522. The van der Waals surface area contributed by atoms with Gasteiger partial charge in [-0.25, -0.2) is 0 Å². The fourth-order valence-corrected chi connectivity index (χ4v) is 4.82. The highest BCUT2D eigenvalue weighted by molar-refractivity contribution is 7.99. The van der Waals surface area contributed by atoms with Crippen molar-refractivity contribution >= 4 is 46.6 Å². The number of rotatable bonds is 8. The summed E-state index contributed by atoms with van der Waals surface area (Å²) < 4.78 is 2.12. The average molecular weight is 441 g/mol. The third-order valence-electron chi connectivity index (χ3n) is 5.17. The lowest BCUT2D eigenvalue weighted by molar-refractivity contribution is -0.113. The molecule has 0 unspecified atom stereocenters. The molecule has 28 heavy (non-hydrogen) atoms. The zero-order valence-electron chi connectivity index (χ0n) is 16.1. The van der Waals surface area contributed by atoms with Crippen LogP contribution in [0, 0.1) is 5.92 Å². The first-order valence-corrected chi connectivity index (χ1v) is 11.6. The molecule has 1 heterocycles. The van der Waals surface area contributed by atoms with E-state index in [1.807, 2.05) is 0 Å². The molecule has 0 saturated heterocycles. The third-order valence-corrected chi connectivity index (χ3v) is 6.95. The molecule has 1 aromatic carbocycles. The number of carbonyl (C=O) groups is 1. The van der Waals surface area contributed by atoms with Crippen molar-refractivity contribution in [3.05, 3.63) is 34.1 Å². The van der Waals surface area contributed by atoms with Gasteiger partial charge in [0.2, 0.25) is 5.91 Å². The highest BCUT2D eigenvalue weighted by atomic mass is 35.5. The largest absolute Gasteiger partial charge is 0.324 e. The number of amides is 1. The molecular weight excluding hydrogens is 415 g/mol. The number of anilines is 1. The maximum Gasteiger partial charge on any atom is 0.234 e. The van der Waals surface area contributed by atoms with Crippen LogP contribution in [0.15, 0.2) is 23.4 Å². The van der Waals surface area contributed by atoms with E-state index in [-0.39, 0.29) is 11.7 Å². The Labute approximate surface area is 180 Å². The van der Waals surface area contributed by atoms with Crippen molar-refractivity contribution < 1.29 is 4.79 Å². The molecule has 1 aromatic heterocycles. The first-order chi connectivity index (χ1) is 13.6. The van der Waals surface area contributed by atoms with Gasteiger partial charge >= 0.3 is 0 Å². The fraction of sp³-hybridized carbons (Fsp3) is 0.550. The van der Waals surface area contributed by atoms with Crippen LogP contribution >= 0.6 is 35.0 Å². The predicted octanol–water partition coefficient (Wildman–Crippen LogP) is 5.85. The highest BCUT2D eigenvalue weighted by Crippen LogP contribution is 2.30. The maximum absolute atomic E-state index is 12.3. The van der Waals surface area contributed by atoms with E-state index in [9.17, 15) is 4.79 Å².